The van der Waals surface area contributed by atoms with E-state index in [2.05, 4.69) is 36.4 Å². The van der Waals surface area contributed by atoms with Crippen molar-refractivity contribution in [3.05, 3.63) is 46.4 Å². The molecule has 7 nitrogen and oxygen atoms in total. The van der Waals surface area contributed by atoms with Crippen molar-refractivity contribution in [3.63, 3.8) is 0 Å². The fourth-order valence-corrected chi connectivity index (χ4v) is 3.85. The first-order valence-electron chi connectivity index (χ1n) is 8.57. The number of anilines is 1. The molecule has 0 spiro atoms. The minimum Gasteiger partial charge on any atom is -0.503 e. The normalized spacial score (nSPS) is 14.9. The summed E-state index contributed by atoms with van der Waals surface area (Å²) in [6.45, 7) is 2.03. The number of ether oxygens (including phenoxy) is 2. The molecule has 0 aliphatic carbocycles. The standard InChI is InChI=1S/C19H17BrN4O3S/c1-3-28-19-22-18-15(23-24-19)11-6-4-5-7-13(11)21-17(27-18)10-8-12(20)16(25)14(9-10)26-2/h4-9,17,21,25H,3H2,1-2H3. The van der Waals surface area contributed by atoms with Gasteiger partial charge >= 0.3 is 0 Å². The lowest BCUT2D eigenvalue weighted by atomic mass is 10.1. The molecule has 2 N–H and O–H groups in total. The lowest BCUT2D eigenvalue weighted by molar-refractivity contribution is 0.224. The smallest absolute Gasteiger partial charge is 0.247 e. The number of rotatable bonds is 4. The second kappa shape index (κ2) is 7.84. The topological polar surface area (TPSA) is 89.4 Å². The van der Waals surface area contributed by atoms with Gasteiger partial charge in [-0.25, -0.2) is 0 Å². The summed E-state index contributed by atoms with van der Waals surface area (Å²) in [5.74, 6) is 1.61. The molecule has 0 bridgehead atoms. The Labute approximate surface area is 174 Å². The van der Waals surface area contributed by atoms with Crippen molar-refractivity contribution in [2.45, 2.75) is 18.3 Å². The third kappa shape index (κ3) is 3.47. The molecule has 1 aliphatic heterocycles. The van der Waals surface area contributed by atoms with Crippen molar-refractivity contribution >= 4 is 33.4 Å². The van der Waals surface area contributed by atoms with Crippen molar-refractivity contribution in [1.82, 2.24) is 15.2 Å². The summed E-state index contributed by atoms with van der Waals surface area (Å²) >= 11 is 4.86. The molecule has 4 rings (SSSR count). The SMILES string of the molecule is CCSc1nnc2c(n1)OC(c1cc(Br)c(O)c(OC)c1)Nc1ccccc1-2. The van der Waals surface area contributed by atoms with E-state index in [-0.39, 0.29) is 5.75 Å². The first-order valence-corrected chi connectivity index (χ1v) is 10.3. The number of phenols is 1. The second-order valence-corrected chi connectivity index (χ2v) is 8.01. The molecule has 2 aromatic carbocycles. The van der Waals surface area contributed by atoms with E-state index in [0.717, 1.165) is 22.6 Å². The second-order valence-electron chi connectivity index (χ2n) is 5.92. The van der Waals surface area contributed by atoms with Crippen LogP contribution in [0.5, 0.6) is 17.4 Å². The maximum absolute atomic E-state index is 10.1. The monoisotopic (exact) mass is 460 g/mol. The molecule has 9 heteroatoms. The van der Waals surface area contributed by atoms with Gasteiger partial charge in [-0.3, -0.25) is 0 Å². The molecule has 0 fully saturated rings. The molecule has 0 radical (unpaired) electrons. The number of halogens is 1. The van der Waals surface area contributed by atoms with E-state index in [1.54, 1.807) is 12.1 Å². The Morgan fingerprint density at radius 2 is 2.11 bits per heavy atom. The maximum atomic E-state index is 10.1. The van der Waals surface area contributed by atoms with Crippen LogP contribution in [-0.2, 0) is 0 Å². The average Bonchev–Trinajstić information content (AvgIpc) is 2.86. The van der Waals surface area contributed by atoms with Crippen LogP contribution in [0.15, 0.2) is 46.0 Å². The molecule has 0 amide bonds. The number of hydrogen-bond acceptors (Lipinski definition) is 8. The number of hydrogen-bond donors (Lipinski definition) is 2. The van der Waals surface area contributed by atoms with E-state index in [9.17, 15) is 5.11 Å². The molecule has 1 unspecified atom stereocenters. The minimum atomic E-state index is -0.565. The van der Waals surface area contributed by atoms with Crippen molar-refractivity contribution in [3.8, 4) is 28.6 Å². The molecule has 0 saturated carbocycles. The molecular weight excluding hydrogens is 444 g/mol. The molecule has 3 aromatic rings. The lowest BCUT2D eigenvalue weighted by Crippen LogP contribution is -2.17. The van der Waals surface area contributed by atoms with Gasteiger partial charge in [-0.15, -0.1) is 10.2 Å². The van der Waals surface area contributed by atoms with Crippen LogP contribution < -0.4 is 14.8 Å². The van der Waals surface area contributed by atoms with Crippen LogP contribution in [0.3, 0.4) is 0 Å². The Balaban J connectivity index is 1.84. The van der Waals surface area contributed by atoms with Crippen LogP contribution in [0.25, 0.3) is 11.3 Å². The first kappa shape index (κ1) is 18.8. The van der Waals surface area contributed by atoms with Gasteiger partial charge in [-0.05, 0) is 39.9 Å². The van der Waals surface area contributed by atoms with Crippen LogP contribution in [0.1, 0.15) is 18.7 Å². The van der Waals surface area contributed by atoms with Crippen LogP contribution >= 0.6 is 27.7 Å². The van der Waals surface area contributed by atoms with Crippen molar-refractivity contribution in [2.75, 3.05) is 18.2 Å². The third-order valence-electron chi connectivity index (χ3n) is 4.18. The maximum Gasteiger partial charge on any atom is 0.247 e. The fraction of sp³-hybridized carbons (Fsp3) is 0.211. The number of phenolic OH excluding ortho intramolecular Hbond substituents is 1. The van der Waals surface area contributed by atoms with Gasteiger partial charge in [-0.1, -0.05) is 36.9 Å². The van der Waals surface area contributed by atoms with Gasteiger partial charge in [0.1, 0.15) is 0 Å². The van der Waals surface area contributed by atoms with E-state index in [1.807, 2.05) is 31.2 Å². The summed E-state index contributed by atoms with van der Waals surface area (Å²) in [4.78, 5) is 4.55. The zero-order chi connectivity index (χ0) is 19.7. The Bertz CT molecular complexity index is 1030. The Kier molecular flexibility index (Phi) is 5.27. The largest absolute Gasteiger partial charge is 0.503 e. The summed E-state index contributed by atoms with van der Waals surface area (Å²) in [5, 5.41) is 22.6. The van der Waals surface area contributed by atoms with Crippen LogP contribution in [0, 0.1) is 0 Å². The number of methoxy groups -OCH3 is 1. The van der Waals surface area contributed by atoms with Gasteiger partial charge in [0.2, 0.25) is 11.0 Å². The molecule has 2 heterocycles. The molecule has 1 aliphatic rings. The zero-order valence-electron chi connectivity index (χ0n) is 15.1. The molecule has 1 aromatic heterocycles. The number of fused-ring (bicyclic) bond motifs is 3. The van der Waals surface area contributed by atoms with Gasteiger partial charge in [0.05, 0.1) is 11.6 Å². The highest BCUT2D eigenvalue weighted by Gasteiger charge is 2.27. The lowest BCUT2D eigenvalue weighted by Gasteiger charge is -2.20. The number of benzene rings is 2. The highest BCUT2D eigenvalue weighted by molar-refractivity contribution is 9.10. The third-order valence-corrected chi connectivity index (χ3v) is 5.50. The van der Waals surface area contributed by atoms with E-state index in [1.165, 1.54) is 18.9 Å². The van der Waals surface area contributed by atoms with Crippen LogP contribution in [0.2, 0.25) is 0 Å². The Morgan fingerprint density at radius 3 is 2.89 bits per heavy atom. The highest BCUT2D eigenvalue weighted by Crippen LogP contribution is 2.42. The number of para-hydroxylation sites is 1. The van der Waals surface area contributed by atoms with E-state index in [0.29, 0.717) is 27.0 Å². The van der Waals surface area contributed by atoms with Gasteiger partial charge in [-0.2, -0.15) is 4.98 Å². The van der Waals surface area contributed by atoms with Crippen molar-refractivity contribution in [2.24, 2.45) is 0 Å². The van der Waals surface area contributed by atoms with Crippen molar-refractivity contribution < 1.29 is 14.6 Å². The molecule has 28 heavy (non-hydrogen) atoms. The summed E-state index contributed by atoms with van der Waals surface area (Å²) in [6, 6.07) is 11.3. The first-order chi connectivity index (χ1) is 13.6. The molecule has 0 saturated heterocycles. The summed E-state index contributed by atoms with van der Waals surface area (Å²) < 4.78 is 12.0. The van der Waals surface area contributed by atoms with E-state index in [4.69, 9.17) is 9.47 Å². The molecular formula is C19H17BrN4O3S. The summed E-state index contributed by atoms with van der Waals surface area (Å²) in [6.07, 6.45) is -0.565. The van der Waals surface area contributed by atoms with Crippen LogP contribution in [-0.4, -0.2) is 33.2 Å². The van der Waals surface area contributed by atoms with E-state index < -0.39 is 6.23 Å². The summed E-state index contributed by atoms with van der Waals surface area (Å²) in [5.41, 5.74) is 3.04. The Morgan fingerprint density at radius 1 is 1.29 bits per heavy atom. The number of thioether (sulfide) groups is 1. The average molecular weight is 461 g/mol. The van der Waals surface area contributed by atoms with Gasteiger partial charge in [0.15, 0.2) is 23.4 Å². The Hall–Kier alpha value is -2.52. The zero-order valence-corrected chi connectivity index (χ0v) is 17.5. The molecule has 144 valence electrons. The highest BCUT2D eigenvalue weighted by atomic mass is 79.9. The van der Waals surface area contributed by atoms with Gasteiger partial charge in [0.25, 0.3) is 0 Å². The predicted octanol–water partition coefficient (Wildman–Crippen LogP) is 4.63. The van der Waals surface area contributed by atoms with Crippen molar-refractivity contribution in [1.29, 1.82) is 0 Å². The summed E-state index contributed by atoms with van der Waals surface area (Å²) in [7, 11) is 1.50. The number of aromatic nitrogens is 3. The molecule has 1 atom stereocenters. The number of aromatic hydroxyl groups is 1. The quantitative estimate of drug-likeness (QED) is 0.544. The number of nitrogens with one attached hydrogen (secondary N) is 1. The van der Waals surface area contributed by atoms with Gasteiger partial charge < -0.3 is 19.9 Å². The van der Waals surface area contributed by atoms with E-state index >= 15 is 0 Å². The minimum absolute atomic E-state index is 0.0336. The predicted molar refractivity (Wildman–Crippen MR) is 111 cm³/mol. The number of nitrogens with zero attached hydrogens (tertiary/aromatic N) is 3. The van der Waals surface area contributed by atoms with Gasteiger partial charge in [0, 0.05) is 16.8 Å². The van der Waals surface area contributed by atoms with Crippen LogP contribution in [0.4, 0.5) is 5.69 Å². The fourth-order valence-electron chi connectivity index (χ4n) is 2.89.